The van der Waals surface area contributed by atoms with E-state index >= 15 is 0 Å². The molecule has 4 nitrogen and oxygen atoms in total. The molecule has 0 amide bonds. The van der Waals surface area contributed by atoms with Crippen molar-refractivity contribution in [3.8, 4) is 6.07 Å². The maximum absolute atomic E-state index is 8.75. The van der Waals surface area contributed by atoms with Crippen molar-refractivity contribution in [2.75, 3.05) is 18.0 Å². The van der Waals surface area contributed by atoms with Crippen LogP contribution < -0.4 is 4.90 Å². The molecular formula is C11H16N4. The first kappa shape index (κ1) is 11.4. The standard InChI is InChI=1S/C11H16N4/c1-4-15(8-9(2)5-12)11-13-6-10(3)7-14-11/h6-7,9H,4,8H2,1-3H3. The van der Waals surface area contributed by atoms with Gasteiger partial charge in [0.2, 0.25) is 5.95 Å². The molecule has 0 N–H and O–H groups in total. The lowest BCUT2D eigenvalue weighted by atomic mass is 10.2. The second kappa shape index (κ2) is 5.30. The van der Waals surface area contributed by atoms with Crippen LogP contribution in [0.1, 0.15) is 19.4 Å². The number of hydrogen-bond donors (Lipinski definition) is 0. The maximum atomic E-state index is 8.75. The zero-order valence-electron chi connectivity index (χ0n) is 9.44. The normalized spacial score (nSPS) is 11.9. The van der Waals surface area contributed by atoms with Gasteiger partial charge in [0.05, 0.1) is 12.0 Å². The van der Waals surface area contributed by atoms with Crippen molar-refractivity contribution in [1.29, 1.82) is 5.26 Å². The largest absolute Gasteiger partial charge is 0.340 e. The van der Waals surface area contributed by atoms with E-state index in [1.54, 1.807) is 12.4 Å². The van der Waals surface area contributed by atoms with Gasteiger partial charge < -0.3 is 4.90 Å². The quantitative estimate of drug-likeness (QED) is 0.750. The second-order valence-electron chi connectivity index (χ2n) is 3.63. The molecule has 0 saturated carbocycles. The van der Waals surface area contributed by atoms with E-state index in [0.717, 1.165) is 12.1 Å². The predicted octanol–water partition coefficient (Wildman–Crippen LogP) is 1.77. The lowest BCUT2D eigenvalue weighted by Gasteiger charge is -2.21. The fourth-order valence-corrected chi connectivity index (χ4v) is 1.27. The van der Waals surface area contributed by atoms with Gasteiger partial charge in [0, 0.05) is 25.5 Å². The number of aryl methyl sites for hydroxylation is 1. The lowest BCUT2D eigenvalue weighted by molar-refractivity contribution is 0.670. The Kier molecular flexibility index (Phi) is 4.04. The number of nitriles is 1. The fraction of sp³-hybridized carbons (Fsp3) is 0.545. The zero-order chi connectivity index (χ0) is 11.3. The van der Waals surface area contributed by atoms with Gasteiger partial charge in [-0.3, -0.25) is 0 Å². The van der Waals surface area contributed by atoms with Gasteiger partial charge in [-0.1, -0.05) is 0 Å². The Morgan fingerprint density at radius 3 is 2.53 bits per heavy atom. The van der Waals surface area contributed by atoms with Crippen LogP contribution in [-0.4, -0.2) is 23.1 Å². The summed E-state index contributed by atoms with van der Waals surface area (Å²) in [5.74, 6) is 0.694. The molecule has 1 rings (SSSR count). The molecule has 0 bridgehead atoms. The third-order valence-electron chi connectivity index (χ3n) is 2.15. The summed E-state index contributed by atoms with van der Waals surface area (Å²) in [5, 5.41) is 8.75. The van der Waals surface area contributed by atoms with Gasteiger partial charge in [-0.05, 0) is 26.3 Å². The smallest absolute Gasteiger partial charge is 0.225 e. The molecule has 1 aromatic rings. The second-order valence-corrected chi connectivity index (χ2v) is 3.63. The monoisotopic (exact) mass is 204 g/mol. The summed E-state index contributed by atoms with van der Waals surface area (Å²) in [6.07, 6.45) is 3.59. The van der Waals surface area contributed by atoms with Gasteiger partial charge in [0.25, 0.3) is 0 Å². The van der Waals surface area contributed by atoms with Crippen LogP contribution in [0.15, 0.2) is 12.4 Å². The summed E-state index contributed by atoms with van der Waals surface area (Å²) in [4.78, 5) is 10.5. The van der Waals surface area contributed by atoms with Crippen molar-refractivity contribution < 1.29 is 0 Å². The highest BCUT2D eigenvalue weighted by Gasteiger charge is 2.10. The van der Waals surface area contributed by atoms with Gasteiger partial charge >= 0.3 is 0 Å². The molecule has 0 aliphatic heterocycles. The summed E-state index contributed by atoms with van der Waals surface area (Å²) in [5.41, 5.74) is 1.04. The molecule has 0 aromatic carbocycles. The summed E-state index contributed by atoms with van der Waals surface area (Å²) < 4.78 is 0. The Hall–Kier alpha value is -1.63. The van der Waals surface area contributed by atoms with Gasteiger partial charge in [0.15, 0.2) is 0 Å². The van der Waals surface area contributed by atoms with E-state index in [0.29, 0.717) is 12.5 Å². The Bertz CT molecular complexity index is 339. The molecule has 4 heteroatoms. The molecule has 0 saturated heterocycles. The topological polar surface area (TPSA) is 52.8 Å². The number of hydrogen-bond acceptors (Lipinski definition) is 4. The van der Waals surface area contributed by atoms with Crippen molar-refractivity contribution >= 4 is 5.95 Å². The third-order valence-corrected chi connectivity index (χ3v) is 2.15. The first-order chi connectivity index (χ1) is 7.17. The van der Waals surface area contributed by atoms with E-state index < -0.39 is 0 Å². The fourth-order valence-electron chi connectivity index (χ4n) is 1.27. The summed E-state index contributed by atoms with van der Waals surface area (Å²) in [7, 11) is 0. The Labute approximate surface area is 90.6 Å². The van der Waals surface area contributed by atoms with Crippen LogP contribution in [0.5, 0.6) is 0 Å². The summed E-state index contributed by atoms with van der Waals surface area (Å²) >= 11 is 0. The molecule has 1 aromatic heterocycles. The molecule has 0 aliphatic carbocycles. The maximum Gasteiger partial charge on any atom is 0.225 e. The van der Waals surface area contributed by atoms with Crippen LogP contribution in [0.2, 0.25) is 0 Å². The molecule has 1 unspecified atom stereocenters. The van der Waals surface area contributed by atoms with Crippen molar-refractivity contribution in [3.05, 3.63) is 18.0 Å². The van der Waals surface area contributed by atoms with Gasteiger partial charge in [0.1, 0.15) is 0 Å². The van der Waals surface area contributed by atoms with E-state index in [1.165, 1.54) is 0 Å². The van der Waals surface area contributed by atoms with Gasteiger partial charge in [-0.15, -0.1) is 0 Å². The molecule has 0 radical (unpaired) electrons. The Morgan fingerprint density at radius 2 is 2.07 bits per heavy atom. The highest BCUT2D eigenvalue weighted by atomic mass is 15.2. The molecule has 0 fully saturated rings. The molecule has 1 heterocycles. The van der Waals surface area contributed by atoms with Crippen LogP contribution in [0.3, 0.4) is 0 Å². The minimum absolute atomic E-state index is 0.00477. The number of aromatic nitrogens is 2. The number of anilines is 1. The predicted molar refractivity (Wildman–Crippen MR) is 59.4 cm³/mol. The molecule has 0 aliphatic rings. The van der Waals surface area contributed by atoms with Gasteiger partial charge in [-0.25, -0.2) is 9.97 Å². The Morgan fingerprint density at radius 1 is 1.47 bits per heavy atom. The van der Waals surface area contributed by atoms with E-state index in [9.17, 15) is 0 Å². The average molecular weight is 204 g/mol. The van der Waals surface area contributed by atoms with E-state index in [-0.39, 0.29) is 5.92 Å². The highest BCUT2D eigenvalue weighted by molar-refractivity contribution is 5.29. The molecule has 80 valence electrons. The highest BCUT2D eigenvalue weighted by Crippen LogP contribution is 2.08. The number of nitrogens with zero attached hydrogens (tertiary/aromatic N) is 4. The van der Waals surface area contributed by atoms with E-state index in [2.05, 4.69) is 16.0 Å². The summed E-state index contributed by atoms with van der Waals surface area (Å²) in [6.45, 7) is 7.38. The van der Waals surface area contributed by atoms with Crippen LogP contribution in [0.25, 0.3) is 0 Å². The lowest BCUT2D eigenvalue weighted by Crippen LogP contribution is -2.29. The van der Waals surface area contributed by atoms with Gasteiger partial charge in [-0.2, -0.15) is 5.26 Å². The van der Waals surface area contributed by atoms with Crippen molar-refractivity contribution in [1.82, 2.24) is 9.97 Å². The van der Waals surface area contributed by atoms with Crippen molar-refractivity contribution in [3.63, 3.8) is 0 Å². The van der Waals surface area contributed by atoms with E-state index in [1.807, 2.05) is 25.7 Å². The minimum Gasteiger partial charge on any atom is -0.340 e. The van der Waals surface area contributed by atoms with Crippen LogP contribution in [0, 0.1) is 24.2 Å². The first-order valence-electron chi connectivity index (χ1n) is 5.10. The van der Waals surface area contributed by atoms with E-state index in [4.69, 9.17) is 5.26 Å². The third kappa shape index (κ3) is 3.21. The first-order valence-corrected chi connectivity index (χ1v) is 5.10. The van der Waals surface area contributed by atoms with Crippen molar-refractivity contribution in [2.45, 2.75) is 20.8 Å². The molecule has 1 atom stereocenters. The SMILES string of the molecule is CCN(CC(C)C#N)c1ncc(C)cn1. The molecular weight excluding hydrogens is 188 g/mol. The Balaban J connectivity index is 2.75. The molecule has 0 spiro atoms. The van der Waals surface area contributed by atoms with Crippen molar-refractivity contribution in [2.24, 2.45) is 5.92 Å². The average Bonchev–Trinajstić information content (AvgIpc) is 2.27. The minimum atomic E-state index is -0.00477. The number of rotatable bonds is 4. The molecule has 15 heavy (non-hydrogen) atoms. The zero-order valence-corrected chi connectivity index (χ0v) is 9.44. The van der Waals surface area contributed by atoms with Crippen LogP contribution in [0.4, 0.5) is 5.95 Å². The van der Waals surface area contributed by atoms with Crippen LogP contribution in [-0.2, 0) is 0 Å². The van der Waals surface area contributed by atoms with Crippen LogP contribution >= 0.6 is 0 Å². The summed E-state index contributed by atoms with van der Waals surface area (Å²) in [6, 6.07) is 2.21.